The van der Waals surface area contributed by atoms with Crippen molar-refractivity contribution >= 4 is 5.91 Å². The van der Waals surface area contributed by atoms with Gasteiger partial charge in [-0.05, 0) is 36.6 Å². The largest absolute Gasteiger partial charge is 0.481 e. The highest BCUT2D eigenvalue weighted by Gasteiger charge is 2.25. The van der Waals surface area contributed by atoms with Gasteiger partial charge in [-0.1, -0.05) is 39.8 Å². The Morgan fingerprint density at radius 1 is 1.13 bits per heavy atom. The van der Waals surface area contributed by atoms with E-state index < -0.39 is 6.10 Å². The number of carbonyl (C=O) groups excluding carboxylic acids is 1. The van der Waals surface area contributed by atoms with Crippen LogP contribution in [0.5, 0.6) is 5.75 Å². The zero-order chi connectivity index (χ0) is 17.0. The molecule has 4 nitrogen and oxygen atoms in total. The molecule has 1 aromatic carbocycles. The molecule has 1 aromatic rings. The van der Waals surface area contributed by atoms with Gasteiger partial charge in [0.1, 0.15) is 5.75 Å². The Balaban J connectivity index is 1.91. The number of amides is 1. The number of ether oxygens (including phenoxy) is 1. The van der Waals surface area contributed by atoms with Gasteiger partial charge in [0.05, 0.1) is 0 Å². The lowest BCUT2D eigenvalue weighted by Crippen LogP contribution is -2.51. The number of benzene rings is 1. The van der Waals surface area contributed by atoms with Gasteiger partial charge in [-0.2, -0.15) is 0 Å². The van der Waals surface area contributed by atoms with E-state index in [-0.39, 0.29) is 11.3 Å². The fourth-order valence-corrected chi connectivity index (χ4v) is 2.83. The average molecular weight is 318 g/mol. The van der Waals surface area contributed by atoms with E-state index in [1.54, 1.807) is 0 Å². The highest BCUT2D eigenvalue weighted by atomic mass is 16.5. The number of hydrogen-bond donors (Lipinski definition) is 0. The second-order valence-corrected chi connectivity index (χ2v) is 7.29. The summed E-state index contributed by atoms with van der Waals surface area (Å²) in [5.74, 6) is 0.840. The molecule has 1 saturated heterocycles. The Labute approximate surface area is 140 Å². The van der Waals surface area contributed by atoms with Crippen LogP contribution in [0.15, 0.2) is 24.3 Å². The van der Waals surface area contributed by atoms with Crippen LogP contribution in [-0.4, -0.2) is 54.5 Å². The number of carbonyl (C=O) groups is 1. The van der Waals surface area contributed by atoms with Crippen molar-refractivity contribution in [2.24, 2.45) is 0 Å². The molecule has 4 heteroatoms. The molecular formula is C19H30N2O2. The highest BCUT2D eigenvalue weighted by Crippen LogP contribution is 2.24. The molecule has 0 aromatic heterocycles. The average Bonchev–Trinajstić information content (AvgIpc) is 2.54. The third kappa shape index (κ3) is 4.71. The predicted octanol–water partition coefficient (Wildman–Crippen LogP) is 2.92. The normalized spacial score (nSPS) is 17.9. The Morgan fingerprint density at radius 3 is 2.17 bits per heavy atom. The summed E-state index contributed by atoms with van der Waals surface area (Å²) in [6.07, 6.45) is -0.441. The Bertz CT molecular complexity index is 511. The van der Waals surface area contributed by atoms with Crippen molar-refractivity contribution in [1.29, 1.82) is 0 Å². The van der Waals surface area contributed by atoms with Crippen molar-refractivity contribution in [3.63, 3.8) is 0 Å². The predicted molar refractivity (Wildman–Crippen MR) is 93.9 cm³/mol. The fraction of sp³-hybridized carbons (Fsp3) is 0.632. The lowest BCUT2D eigenvalue weighted by atomic mass is 9.87. The molecule has 1 aliphatic heterocycles. The second-order valence-electron chi connectivity index (χ2n) is 7.29. The van der Waals surface area contributed by atoms with E-state index in [0.29, 0.717) is 0 Å². The van der Waals surface area contributed by atoms with E-state index in [1.807, 2.05) is 24.0 Å². The van der Waals surface area contributed by atoms with Crippen LogP contribution in [-0.2, 0) is 10.2 Å². The maximum atomic E-state index is 12.5. The number of rotatable bonds is 4. The zero-order valence-electron chi connectivity index (χ0n) is 15.1. The molecule has 0 radical (unpaired) electrons. The van der Waals surface area contributed by atoms with Gasteiger partial charge in [-0.25, -0.2) is 0 Å². The van der Waals surface area contributed by atoms with Crippen molar-refractivity contribution in [3.8, 4) is 5.75 Å². The fourth-order valence-electron chi connectivity index (χ4n) is 2.83. The maximum absolute atomic E-state index is 12.5. The van der Waals surface area contributed by atoms with E-state index in [2.05, 4.69) is 44.7 Å². The first-order chi connectivity index (χ1) is 10.8. The van der Waals surface area contributed by atoms with Crippen LogP contribution < -0.4 is 4.74 Å². The summed E-state index contributed by atoms with van der Waals surface area (Å²) < 4.78 is 5.85. The molecule has 0 unspecified atom stereocenters. The van der Waals surface area contributed by atoms with Crippen LogP contribution in [0.25, 0.3) is 0 Å². The van der Waals surface area contributed by atoms with Crippen LogP contribution in [0.4, 0.5) is 0 Å². The van der Waals surface area contributed by atoms with Crippen LogP contribution in [0, 0.1) is 0 Å². The van der Waals surface area contributed by atoms with Gasteiger partial charge >= 0.3 is 0 Å². The summed E-state index contributed by atoms with van der Waals surface area (Å²) in [6.45, 7) is 15.1. The molecule has 0 bridgehead atoms. The van der Waals surface area contributed by atoms with Gasteiger partial charge in [-0.3, -0.25) is 4.79 Å². The molecule has 1 fully saturated rings. The first-order valence-corrected chi connectivity index (χ1v) is 8.59. The van der Waals surface area contributed by atoms with Crippen molar-refractivity contribution in [2.75, 3.05) is 32.7 Å². The van der Waals surface area contributed by atoms with Gasteiger partial charge in [0, 0.05) is 26.2 Å². The monoisotopic (exact) mass is 318 g/mol. The van der Waals surface area contributed by atoms with Crippen molar-refractivity contribution in [1.82, 2.24) is 9.80 Å². The number of piperazine rings is 1. The van der Waals surface area contributed by atoms with Crippen LogP contribution in [0.3, 0.4) is 0 Å². The molecule has 128 valence electrons. The molecule has 0 spiro atoms. The second kappa shape index (κ2) is 7.35. The summed E-state index contributed by atoms with van der Waals surface area (Å²) >= 11 is 0. The van der Waals surface area contributed by atoms with Crippen molar-refractivity contribution < 1.29 is 9.53 Å². The highest BCUT2D eigenvalue weighted by molar-refractivity contribution is 5.81. The van der Waals surface area contributed by atoms with Crippen LogP contribution in [0.1, 0.15) is 40.2 Å². The summed E-state index contributed by atoms with van der Waals surface area (Å²) in [6, 6.07) is 8.07. The van der Waals surface area contributed by atoms with Gasteiger partial charge < -0.3 is 14.5 Å². The third-order valence-electron chi connectivity index (χ3n) is 4.51. The Kier molecular flexibility index (Phi) is 5.69. The minimum absolute atomic E-state index is 0.0839. The Morgan fingerprint density at radius 2 is 1.70 bits per heavy atom. The standard InChI is InChI=1S/C19H30N2O2/c1-6-20-11-13-21(14-12-20)18(22)15(2)23-17-9-7-16(8-10-17)19(3,4)5/h7-10,15H,6,11-14H2,1-5H3/t15-/m0/s1. The zero-order valence-corrected chi connectivity index (χ0v) is 15.1. The summed E-state index contributed by atoms with van der Waals surface area (Å²) in [5, 5.41) is 0. The summed E-state index contributed by atoms with van der Waals surface area (Å²) in [7, 11) is 0. The van der Waals surface area contributed by atoms with Crippen LogP contribution >= 0.6 is 0 Å². The molecule has 0 saturated carbocycles. The maximum Gasteiger partial charge on any atom is 0.263 e. The van der Waals surface area contributed by atoms with E-state index in [1.165, 1.54) is 5.56 Å². The van der Waals surface area contributed by atoms with Gasteiger partial charge in [0.2, 0.25) is 0 Å². The van der Waals surface area contributed by atoms with E-state index in [9.17, 15) is 4.79 Å². The van der Waals surface area contributed by atoms with Gasteiger partial charge in [0.15, 0.2) is 6.10 Å². The van der Waals surface area contributed by atoms with Gasteiger partial charge in [-0.15, -0.1) is 0 Å². The molecule has 1 aliphatic rings. The number of nitrogens with zero attached hydrogens (tertiary/aromatic N) is 2. The molecule has 1 amide bonds. The van der Waals surface area contributed by atoms with Crippen molar-refractivity contribution in [3.05, 3.63) is 29.8 Å². The number of hydrogen-bond acceptors (Lipinski definition) is 3. The molecule has 0 N–H and O–H groups in total. The smallest absolute Gasteiger partial charge is 0.263 e. The molecule has 23 heavy (non-hydrogen) atoms. The van der Waals surface area contributed by atoms with E-state index in [0.717, 1.165) is 38.5 Å². The lowest BCUT2D eigenvalue weighted by molar-refractivity contribution is -0.139. The summed E-state index contributed by atoms with van der Waals surface area (Å²) in [5.41, 5.74) is 1.39. The minimum atomic E-state index is -0.441. The first kappa shape index (κ1) is 17.8. The van der Waals surface area contributed by atoms with E-state index >= 15 is 0 Å². The lowest BCUT2D eigenvalue weighted by Gasteiger charge is -2.35. The first-order valence-electron chi connectivity index (χ1n) is 8.59. The Hall–Kier alpha value is -1.55. The van der Waals surface area contributed by atoms with Crippen molar-refractivity contribution in [2.45, 2.75) is 46.1 Å². The third-order valence-corrected chi connectivity index (χ3v) is 4.51. The van der Waals surface area contributed by atoms with Gasteiger partial charge in [0.25, 0.3) is 5.91 Å². The quantitative estimate of drug-likeness (QED) is 0.856. The molecule has 1 heterocycles. The topological polar surface area (TPSA) is 32.8 Å². The van der Waals surface area contributed by atoms with Crippen LogP contribution in [0.2, 0.25) is 0 Å². The molecule has 1 atom stereocenters. The molecular weight excluding hydrogens is 288 g/mol. The molecule has 2 rings (SSSR count). The number of likely N-dealkylation sites (N-methyl/N-ethyl adjacent to an activating group) is 1. The van der Waals surface area contributed by atoms with E-state index in [4.69, 9.17) is 4.74 Å². The SMILES string of the molecule is CCN1CCN(C(=O)[C@H](C)Oc2ccc(C(C)(C)C)cc2)CC1. The molecule has 0 aliphatic carbocycles. The summed E-state index contributed by atoms with van der Waals surface area (Å²) in [4.78, 5) is 16.8. The minimum Gasteiger partial charge on any atom is -0.481 e.